The number of likely N-dealkylation sites (tertiary alicyclic amines) is 1. The lowest BCUT2D eigenvalue weighted by Gasteiger charge is -2.42. The van der Waals surface area contributed by atoms with Crippen molar-refractivity contribution in [1.82, 2.24) is 14.7 Å². The number of ether oxygens (including phenoxy) is 2. The number of nitrogens with zero attached hydrogens (tertiary/aromatic N) is 3. The molecule has 0 saturated carbocycles. The van der Waals surface area contributed by atoms with Crippen LogP contribution in [0.25, 0.3) is 0 Å². The van der Waals surface area contributed by atoms with E-state index in [1.807, 2.05) is 0 Å². The predicted octanol–water partition coefficient (Wildman–Crippen LogP) is 2.71. The van der Waals surface area contributed by atoms with Crippen LogP contribution in [0.3, 0.4) is 0 Å². The molecule has 0 atom stereocenters. The Morgan fingerprint density at radius 2 is 1.77 bits per heavy atom. The summed E-state index contributed by atoms with van der Waals surface area (Å²) in [5, 5.41) is 2.86. The number of piperidine rings is 1. The molecule has 0 radical (unpaired) electrons. The second-order valence-electron chi connectivity index (χ2n) is 8.57. The summed E-state index contributed by atoms with van der Waals surface area (Å²) in [7, 11) is 3.08. The lowest BCUT2D eigenvalue weighted by atomic mass is 10.0. The van der Waals surface area contributed by atoms with E-state index in [4.69, 9.17) is 9.47 Å². The van der Waals surface area contributed by atoms with Crippen LogP contribution in [0.2, 0.25) is 0 Å². The molecular formula is C25H29FN4O5. The summed E-state index contributed by atoms with van der Waals surface area (Å²) in [6.07, 6.45) is 1.16. The highest BCUT2D eigenvalue weighted by Gasteiger charge is 2.38. The molecule has 0 bridgehead atoms. The van der Waals surface area contributed by atoms with Crippen LogP contribution in [0, 0.1) is 5.82 Å². The van der Waals surface area contributed by atoms with Crippen LogP contribution < -0.4 is 14.8 Å². The van der Waals surface area contributed by atoms with E-state index in [-0.39, 0.29) is 24.4 Å². The predicted molar refractivity (Wildman–Crippen MR) is 127 cm³/mol. The molecule has 4 amide bonds. The number of rotatable bonds is 6. The Morgan fingerprint density at radius 3 is 2.46 bits per heavy atom. The fraction of sp³-hybridized carbons (Fsp3) is 0.400. The average molecular weight is 485 g/mol. The first-order valence-corrected chi connectivity index (χ1v) is 11.5. The number of nitrogens with one attached hydrogen (secondary N) is 1. The number of anilines is 1. The lowest BCUT2D eigenvalue weighted by molar-refractivity contribution is -0.158. The van der Waals surface area contributed by atoms with E-state index in [0.717, 1.165) is 0 Å². The molecule has 2 aliphatic heterocycles. The minimum absolute atomic E-state index is 0.109. The van der Waals surface area contributed by atoms with Crippen molar-refractivity contribution in [3.63, 3.8) is 0 Å². The van der Waals surface area contributed by atoms with E-state index in [2.05, 4.69) is 5.32 Å². The topological polar surface area (TPSA) is 91.4 Å². The summed E-state index contributed by atoms with van der Waals surface area (Å²) in [5.74, 6) is -0.379. The first-order valence-electron chi connectivity index (χ1n) is 11.5. The number of carbonyl (C=O) groups excluding carboxylic acids is 3. The van der Waals surface area contributed by atoms with Gasteiger partial charge in [-0.2, -0.15) is 0 Å². The largest absolute Gasteiger partial charge is 0.497 e. The van der Waals surface area contributed by atoms with E-state index < -0.39 is 11.8 Å². The van der Waals surface area contributed by atoms with Gasteiger partial charge in [-0.15, -0.1) is 0 Å². The summed E-state index contributed by atoms with van der Waals surface area (Å²) in [6.45, 7) is 1.92. The SMILES string of the molecule is COc1ccc(NC(=O)N2CCC(N3CCN(Cc4cccc(F)c4)C(=O)C3=O)CC2)c(OC)c1. The molecule has 2 aromatic carbocycles. The van der Waals surface area contributed by atoms with Gasteiger partial charge in [0.15, 0.2) is 0 Å². The van der Waals surface area contributed by atoms with Gasteiger partial charge in [0.25, 0.3) is 0 Å². The highest BCUT2D eigenvalue weighted by molar-refractivity contribution is 6.35. The van der Waals surface area contributed by atoms with Gasteiger partial charge < -0.3 is 29.5 Å². The Labute approximate surface area is 203 Å². The summed E-state index contributed by atoms with van der Waals surface area (Å²) in [5.41, 5.74) is 1.18. The number of urea groups is 1. The minimum atomic E-state index is -0.577. The van der Waals surface area contributed by atoms with Crippen LogP contribution in [0.1, 0.15) is 18.4 Å². The van der Waals surface area contributed by atoms with Crippen molar-refractivity contribution in [3.8, 4) is 11.5 Å². The standard InChI is InChI=1S/C25H29FN4O5/c1-34-20-6-7-21(22(15-20)35-2)27-25(33)28-10-8-19(9-11-28)30-13-12-29(23(31)24(30)32)16-17-4-3-5-18(26)14-17/h3-7,14-15,19H,8-13,16H2,1-2H3,(H,27,33). The van der Waals surface area contributed by atoms with Gasteiger partial charge >= 0.3 is 17.8 Å². The second kappa shape index (κ2) is 10.6. The molecule has 2 aliphatic rings. The molecule has 0 aliphatic carbocycles. The third-order valence-electron chi connectivity index (χ3n) is 6.45. The maximum absolute atomic E-state index is 13.5. The molecular weight excluding hydrogens is 455 g/mol. The number of benzene rings is 2. The average Bonchev–Trinajstić information content (AvgIpc) is 2.87. The van der Waals surface area contributed by atoms with Crippen molar-refractivity contribution >= 4 is 23.5 Å². The highest BCUT2D eigenvalue weighted by Crippen LogP contribution is 2.29. The highest BCUT2D eigenvalue weighted by atomic mass is 19.1. The molecule has 2 aromatic rings. The van der Waals surface area contributed by atoms with Crippen LogP contribution in [0.4, 0.5) is 14.9 Å². The minimum Gasteiger partial charge on any atom is -0.497 e. The number of methoxy groups -OCH3 is 2. The Morgan fingerprint density at radius 1 is 1.00 bits per heavy atom. The Balaban J connectivity index is 1.30. The van der Waals surface area contributed by atoms with Crippen molar-refractivity contribution < 1.29 is 28.2 Å². The molecule has 2 saturated heterocycles. The monoisotopic (exact) mass is 484 g/mol. The third kappa shape index (κ3) is 5.47. The first kappa shape index (κ1) is 24.3. The van der Waals surface area contributed by atoms with Crippen molar-refractivity contribution in [3.05, 3.63) is 53.8 Å². The molecule has 1 N–H and O–H groups in total. The van der Waals surface area contributed by atoms with Crippen LogP contribution in [0.15, 0.2) is 42.5 Å². The zero-order valence-corrected chi connectivity index (χ0v) is 19.8. The second-order valence-corrected chi connectivity index (χ2v) is 8.57. The number of carbonyl (C=O) groups is 3. The fourth-order valence-electron chi connectivity index (χ4n) is 4.52. The van der Waals surface area contributed by atoms with Crippen molar-refractivity contribution in [2.45, 2.75) is 25.4 Å². The molecule has 2 heterocycles. The van der Waals surface area contributed by atoms with Crippen LogP contribution >= 0.6 is 0 Å². The molecule has 0 unspecified atom stereocenters. The van der Waals surface area contributed by atoms with Gasteiger partial charge in [-0.05, 0) is 42.7 Å². The van der Waals surface area contributed by atoms with E-state index in [1.165, 1.54) is 24.1 Å². The zero-order valence-electron chi connectivity index (χ0n) is 19.8. The van der Waals surface area contributed by atoms with E-state index in [1.54, 1.807) is 47.2 Å². The maximum Gasteiger partial charge on any atom is 0.321 e. The summed E-state index contributed by atoms with van der Waals surface area (Å²) < 4.78 is 24.0. The summed E-state index contributed by atoms with van der Waals surface area (Å²) in [6, 6.07) is 10.8. The van der Waals surface area contributed by atoms with Crippen LogP contribution in [-0.4, -0.2) is 79.0 Å². The maximum atomic E-state index is 13.5. The molecule has 186 valence electrons. The normalized spacial score (nSPS) is 16.9. The van der Waals surface area contributed by atoms with Gasteiger partial charge in [-0.1, -0.05) is 12.1 Å². The molecule has 0 aromatic heterocycles. The summed E-state index contributed by atoms with van der Waals surface area (Å²) in [4.78, 5) is 43.1. The van der Waals surface area contributed by atoms with Gasteiger partial charge in [0.2, 0.25) is 0 Å². The van der Waals surface area contributed by atoms with Gasteiger partial charge in [0, 0.05) is 44.8 Å². The van der Waals surface area contributed by atoms with Crippen molar-refractivity contribution in [2.24, 2.45) is 0 Å². The van der Waals surface area contributed by atoms with Crippen molar-refractivity contribution in [1.29, 1.82) is 0 Å². The summed E-state index contributed by atoms with van der Waals surface area (Å²) >= 11 is 0. The molecule has 2 fully saturated rings. The zero-order chi connectivity index (χ0) is 24.9. The quantitative estimate of drug-likeness (QED) is 0.637. The van der Waals surface area contributed by atoms with Crippen molar-refractivity contribution in [2.75, 3.05) is 45.7 Å². The number of piperazine rings is 1. The molecule has 35 heavy (non-hydrogen) atoms. The first-order chi connectivity index (χ1) is 16.9. The fourth-order valence-corrected chi connectivity index (χ4v) is 4.52. The molecule has 4 rings (SSSR count). The van der Waals surface area contributed by atoms with E-state index >= 15 is 0 Å². The van der Waals surface area contributed by atoms with Gasteiger partial charge in [0.1, 0.15) is 17.3 Å². The van der Waals surface area contributed by atoms with Gasteiger partial charge in [0.05, 0.1) is 19.9 Å². The number of amides is 4. The Kier molecular flexibility index (Phi) is 7.38. The van der Waals surface area contributed by atoms with Crippen LogP contribution in [0.5, 0.6) is 11.5 Å². The number of hydrogen-bond acceptors (Lipinski definition) is 5. The lowest BCUT2D eigenvalue weighted by Crippen LogP contribution is -2.59. The Hall–Kier alpha value is -3.82. The molecule has 10 heteroatoms. The number of hydrogen-bond donors (Lipinski definition) is 1. The van der Waals surface area contributed by atoms with Gasteiger partial charge in [-0.25, -0.2) is 9.18 Å². The van der Waals surface area contributed by atoms with E-state index in [0.29, 0.717) is 61.8 Å². The smallest absolute Gasteiger partial charge is 0.321 e. The van der Waals surface area contributed by atoms with E-state index in [9.17, 15) is 18.8 Å². The number of halogens is 1. The van der Waals surface area contributed by atoms with Crippen LogP contribution in [-0.2, 0) is 16.1 Å². The third-order valence-corrected chi connectivity index (χ3v) is 6.45. The molecule has 0 spiro atoms. The molecule has 9 nitrogen and oxygen atoms in total. The Bertz CT molecular complexity index is 1100. The van der Waals surface area contributed by atoms with Gasteiger partial charge in [-0.3, -0.25) is 9.59 Å².